The fourth-order valence-corrected chi connectivity index (χ4v) is 4.91. The highest BCUT2D eigenvalue weighted by molar-refractivity contribution is 7.92. The van der Waals surface area contributed by atoms with Gasteiger partial charge in [0.2, 0.25) is 21.8 Å². The minimum Gasteiger partial charge on any atom is -0.352 e. The van der Waals surface area contributed by atoms with E-state index in [2.05, 4.69) is 5.32 Å². The van der Waals surface area contributed by atoms with Crippen molar-refractivity contribution in [1.29, 1.82) is 0 Å². The van der Waals surface area contributed by atoms with Gasteiger partial charge in [0.15, 0.2) is 11.6 Å². The lowest BCUT2D eigenvalue weighted by Gasteiger charge is -2.31. The fraction of sp³-hybridized carbons (Fsp3) is 0.462. The molecule has 2 rings (SSSR count). The summed E-state index contributed by atoms with van der Waals surface area (Å²) in [6.45, 7) is 7.57. The van der Waals surface area contributed by atoms with Crippen molar-refractivity contribution in [2.75, 3.05) is 17.1 Å². The summed E-state index contributed by atoms with van der Waals surface area (Å²) in [5, 5.41) is 2.87. The Morgan fingerprint density at radius 2 is 1.75 bits per heavy atom. The number of anilines is 1. The summed E-state index contributed by atoms with van der Waals surface area (Å²) < 4.78 is 52.6. The van der Waals surface area contributed by atoms with E-state index >= 15 is 0 Å². The van der Waals surface area contributed by atoms with Crippen LogP contribution in [0.15, 0.2) is 42.5 Å². The average Bonchev–Trinajstić information content (AvgIpc) is 2.77. The summed E-state index contributed by atoms with van der Waals surface area (Å²) in [4.78, 5) is 27.8. The van der Waals surface area contributed by atoms with Crippen molar-refractivity contribution in [2.24, 2.45) is 0 Å². The minimum absolute atomic E-state index is 0.0248. The third-order valence-corrected chi connectivity index (χ3v) is 6.79. The van der Waals surface area contributed by atoms with E-state index in [0.717, 1.165) is 33.8 Å². The Bertz CT molecular complexity index is 1170. The number of halogens is 2. The molecular weight excluding hydrogens is 488 g/mol. The van der Waals surface area contributed by atoms with Gasteiger partial charge in [-0.05, 0) is 51.3 Å². The Hall–Kier alpha value is -3.01. The largest absolute Gasteiger partial charge is 0.352 e. The first-order chi connectivity index (χ1) is 16.8. The van der Waals surface area contributed by atoms with E-state index in [4.69, 9.17) is 0 Å². The number of amides is 2. The summed E-state index contributed by atoms with van der Waals surface area (Å²) in [6.07, 6.45) is 1.45. The summed E-state index contributed by atoms with van der Waals surface area (Å²) in [6, 6.07) is 9.71. The van der Waals surface area contributed by atoms with Crippen LogP contribution in [0.1, 0.15) is 51.2 Å². The van der Waals surface area contributed by atoms with Crippen LogP contribution in [-0.4, -0.2) is 50.0 Å². The van der Waals surface area contributed by atoms with Crippen LogP contribution in [0.25, 0.3) is 0 Å². The Morgan fingerprint density at radius 3 is 2.31 bits per heavy atom. The Balaban J connectivity index is 2.23. The van der Waals surface area contributed by atoms with Crippen molar-refractivity contribution in [3.05, 3.63) is 65.2 Å². The lowest BCUT2D eigenvalue weighted by atomic mass is 10.1. The number of sulfonamides is 1. The third kappa shape index (κ3) is 8.29. The van der Waals surface area contributed by atoms with Gasteiger partial charge in [0.1, 0.15) is 6.04 Å². The molecule has 1 atom stereocenters. The van der Waals surface area contributed by atoms with E-state index in [9.17, 15) is 26.8 Å². The molecule has 0 heterocycles. The molecule has 1 N–H and O–H groups in total. The molecule has 0 aromatic heterocycles. The quantitative estimate of drug-likeness (QED) is 0.453. The predicted octanol–water partition coefficient (Wildman–Crippen LogP) is 4.15. The van der Waals surface area contributed by atoms with E-state index in [0.29, 0.717) is 6.42 Å². The summed E-state index contributed by atoms with van der Waals surface area (Å²) >= 11 is 0. The van der Waals surface area contributed by atoms with Gasteiger partial charge < -0.3 is 10.2 Å². The molecule has 198 valence electrons. The van der Waals surface area contributed by atoms with E-state index < -0.39 is 27.7 Å². The molecule has 0 aliphatic heterocycles. The third-order valence-electron chi connectivity index (χ3n) is 5.60. The van der Waals surface area contributed by atoms with Crippen LogP contribution in [-0.2, 0) is 26.2 Å². The first kappa shape index (κ1) is 29.2. The summed E-state index contributed by atoms with van der Waals surface area (Å²) in [5.74, 6) is -2.81. The van der Waals surface area contributed by atoms with Crippen molar-refractivity contribution in [3.8, 4) is 0 Å². The zero-order valence-electron chi connectivity index (χ0n) is 21.4. The zero-order chi connectivity index (χ0) is 27.0. The van der Waals surface area contributed by atoms with Gasteiger partial charge >= 0.3 is 0 Å². The van der Waals surface area contributed by atoms with Crippen LogP contribution in [0.4, 0.5) is 14.5 Å². The van der Waals surface area contributed by atoms with Crippen LogP contribution in [0.3, 0.4) is 0 Å². The van der Waals surface area contributed by atoms with Gasteiger partial charge in [-0.15, -0.1) is 0 Å². The molecule has 0 radical (unpaired) electrons. The lowest BCUT2D eigenvalue weighted by molar-refractivity contribution is -0.141. The molecule has 0 saturated heterocycles. The normalized spacial score (nSPS) is 12.3. The maximum absolute atomic E-state index is 13.7. The molecule has 0 fully saturated rings. The number of carbonyl (C=O) groups is 2. The molecule has 2 aromatic carbocycles. The van der Waals surface area contributed by atoms with Gasteiger partial charge in [-0.1, -0.05) is 36.8 Å². The maximum Gasteiger partial charge on any atom is 0.243 e. The van der Waals surface area contributed by atoms with Crippen LogP contribution < -0.4 is 9.62 Å². The Morgan fingerprint density at radius 1 is 1.06 bits per heavy atom. The van der Waals surface area contributed by atoms with Crippen LogP contribution in [0.2, 0.25) is 0 Å². The smallest absolute Gasteiger partial charge is 0.243 e. The van der Waals surface area contributed by atoms with Crippen LogP contribution in [0.5, 0.6) is 0 Å². The Labute approximate surface area is 212 Å². The van der Waals surface area contributed by atoms with E-state index in [1.807, 2.05) is 52.0 Å². The number of aryl methyl sites for hydroxylation is 1. The van der Waals surface area contributed by atoms with Crippen molar-refractivity contribution in [2.45, 2.75) is 65.6 Å². The highest BCUT2D eigenvalue weighted by Gasteiger charge is 2.29. The predicted molar refractivity (Wildman–Crippen MR) is 137 cm³/mol. The number of benzene rings is 2. The van der Waals surface area contributed by atoms with E-state index in [1.165, 1.54) is 11.0 Å². The molecule has 0 unspecified atom stereocenters. The lowest BCUT2D eigenvalue weighted by Crippen LogP contribution is -2.50. The molecule has 0 spiro atoms. The molecule has 0 aliphatic carbocycles. The van der Waals surface area contributed by atoms with Gasteiger partial charge in [-0.3, -0.25) is 13.9 Å². The standard InChI is InChI=1S/C26H35F2N3O4S/c1-6-24(26(33)29-18(2)3)30(17-20-10-7-9-19(4)15-20)25(32)11-8-14-31(36(5,34)35)21-12-13-22(27)23(28)16-21/h7,9-10,12-13,15-16,18,24H,6,8,11,14,17H2,1-5H3,(H,29,33)/t24-/m0/s1. The number of hydrogen-bond donors (Lipinski definition) is 1. The molecule has 7 nitrogen and oxygen atoms in total. The highest BCUT2D eigenvalue weighted by atomic mass is 32.2. The van der Waals surface area contributed by atoms with Gasteiger partial charge in [0.25, 0.3) is 0 Å². The topological polar surface area (TPSA) is 86.8 Å². The van der Waals surface area contributed by atoms with Gasteiger partial charge in [-0.25, -0.2) is 17.2 Å². The molecule has 0 bridgehead atoms. The number of carbonyl (C=O) groups excluding carboxylic acids is 2. The van der Waals surface area contributed by atoms with Gasteiger partial charge in [-0.2, -0.15) is 0 Å². The first-order valence-corrected chi connectivity index (χ1v) is 13.8. The summed E-state index contributed by atoms with van der Waals surface area (Å²) in [7, 11) is -3.81. The molecule has 0 aliphatic rings. The second-order valence-electron chi connectivity index (χ2n) is 9.14. The highest BCUT2D eigenvalue weighted by Crippen LogP contribution is 2.22. The molecule has 10 heteroatoms. The fourth-order valence-electron chi connectivity index (χ4n) is 3.95. The minimum atomic E-state index is -3.81. The number of rotatable bonds is 12. The maximum atomic E-state index is 13.7. The van der Waals surface area contributed by atoms with Gasteiger partial charge in [0.05, 0.1) is 11.9 Å². The number of hydrogen-bond acceptors (Lipinski definition) is 4. The number of nitrogens with zero attached hydrogens (tertiary/aromatic N) is 2. The second kappa shape index (κ2) is 12.8. The second-order valence-corrected chi connectivity index (χ2v) is 11.0. The van der Waals surface area contributed by atoms with Crippen molar-refractivity contribution < 1.29 is 26.8 Å². The van der Waals surface area contributed by atoms with Crippen molar-refractivity contribution in [3.63, 3.8) is 0 Å². The summed E-state index contributed by atoms with van der Waals surface area (Å²) in [5.41, 5.74) is 1.87. The average molecular weight is 524 g/mol. The zero-order valence-corrected chi connectivity index (χ0v) is 22.2. The molecule has 2 aromatic rings. The van der Waals surface area contributed by atoms with Crippen LogP contribution in [0, 0.1) is 18.6 Å². The van der Waals surface area contributed by atoms with Crippen molar-refractivity contribution >= 4 is 27.5 Å². The van der Waals surface area contributed by atoms with E-state index in [-0.39, 0.29) is 49.5 Å². The van der Waals surface area contributed by atoms with Crippen LogP contribution >= 0.6 is 0 Å². The molecule has 36 heavy (non-hydrogen) atoms. The Kier molecular flexibility index (Phi) is 10.4. The monoisotopic (exact) mass is 523 g/mol. The molecule has 0 saturated carbocycles. The SMILES string of the molecule is CC[C@@H](C(=O)NC(C)C)N(Cc1cccc(C)c1)C(=O)CCCN(c1ccc(F)c(F)c1)S(C)(=O)=O. The van der Waals surface area contributed by atoms with Gasteiger partial charge in [0, 0.05) is 31.6 Å². The van der Waals surface area contributed by atoms with E-state index in [1.54, 1.807) is 0 Å². The molecular formula is C26H35F2N3O4S. The van der Waals surface area contributed by atoms with Crippen molar-refractivity contribution in [1.82, 2.24) is 10.2 Å². The molecule has 2 amide bonds. The number of nitrogens with one attached hydrogen (secondary N) is 1. The first-order valence-electron chi connectivity index (χ1n) is 11.9.